The zero-order chi connectivity index (χ0) is 14.8. The molecule has 0 atom stereocenters. The Morgan fingerprint density at radius 1 is 1.14 bits per heavy atom. The molecule has 1 amide bonds. The zero-order valence-electron chi connectivity index (χ0n) is 12.8. The van der Waals surface area contributed by atoms with Gasteiger partial charge in [-0.3, -0.25) is 9.69 Å². The van der Waals surface area contributed by atoms with Crippen LogP contribution in [0.15, 0.2) is 18.2 Å². The van der Waals surface area contributed by atoms with Crippen molar-refractivity contribution in [2.45, 2.75) is 14.4 Å². The van der Waals surface area contributed by atoms with Crippen molar-refractivity contribution in [3.8, 4) is 5.75 Å². The number of carbonyl (C=O) groups excluding carboxylic acids is 1. The summed E-state index contributed by atoms with van der Waals surface area (Å²) in [5.41, 5.74) is 2.07. The van der Waals surface area contributed by atoms with Gasteiger partial charge in [0.2, 0.25) is 0 Å². The number of ether oxygens (including phenoxy) is 1. The molecule has 22 heavy (non-hydrogen) atoms. The van der Waals surface area contributed by atoms with E-state index in [0.29, 0.717) is 0 Å². The van der Waals surface area contributed by atoms with Gasteiger partial charge in [-0.1, -0.05) is 13.5 Å². The Bertz CT molecular complexity index is 525. The largest absolute Gasteiger partial charge is 0.482 e. The number of aryl methyl sites for hydroxylation is 1. The first-order valence-electron chi connectivity index (χ1n) is 7.58. The van der Waals surface area contributed by atoms with Crippen molar-refractivity contribution in [2.75, 3.05) is 57.8 Å². The molecule has 1 aromatic rings. The van der Waals surface area contributed by atoms with Gasteiger partial charge >= 0.3 is 0 Å². The molecule has 3 rings (SSSR count). The van der Waals surface area contributed by atoms with E-state index in [1.165, 1.54) is 0 Å². The van der Waals surface area contributed by atoms with Crippen LogP contribution in [0.5, 0.6) is 5.75 Å². The summed E-state index contributed by atoms with van der Waals surface area (Å²) in [6.07, 6.45) is 0. The van der Waals surface area contributed by atoms with Crippen LogP contribution in [0.4, 0.5) is 5.69 Å². The molecule has 0 unspecified atom stereocenters. The molecule has 0 saturated carbocycles. The number of amides is 1. The van der Waals surface area contributed by atoms with Crippen molar-refractivity contribution < 1.29 is 9.53 Å². The Morgan fingerprint density at radius 2 is 1.86 bits per heavy atom. The molecule has 5 nitrogen and oxygen atoms in total. The monoisotopic (exact) mass is 305 g/mol. The average molecular weight is 305 g/mol. The summed E-state index contributed by atoms with van der Waals surface area (Å²) >= 11 is 0. The lowest BCUT2D eigenvalue weighted by Crippen LogP contribution is -2.49. The lowest BCUT2D eigenvalue weighted by molar-refractivity contribution is -0.121. The number of nitrogens with zero attached hydrogens (tertiary/aromatic N) is 3. The number of benzene rings is 1. The smallest absolute Gasteiger partial charge is 0.265 e. The van der Waals surface area contributed by atoms with E-state index in [1.54, 1.807) is 0 Å². The molecular formula is C17H27N3O2. The molecule has 2 heterocycles. The molecule has 0 bridgehead atoms. The summed E-state index contributed by atoms with van der Waals surface area (Å²) in [7, 11) is 2.15. The van der Waals surface area contributed by atoms with Gasteiger partial charge in [-0.2, -0.15) is 0 Å². The molecule has 2 aliphatic rings. The number of anilines is 1. The number of fused-ring (bicyclic) bond motifs is 1. The first kappa shape index (κ1) is 16.8. The first-order valence-corrected chi connectivity index (χ1v) is 7.58. The minimum Gasteiger partial charge on any atom is -0.482 e. The maximum atomic E-state index is 12.2. The molecule has 0 spiro atoms. The van der Waals surface area contributed by atoms with Crippen molar-refractivity contribution in [2.24, 2.45) is 0 Å². The first-order chi connectivity index (χ1) is 10.1. The molecule has 122 valence electrons. The van der Waals surface area contributed by atoms with Crippen LogP contribution in [0.3, 0.4) is 0 Å². The highest BCUT2D eigenvalue weighted by molar-refractivity contribution is 5.97. The van der Waals surface area contributed by atoms with Crippen LogP contribution in [0, 0.1) is 6.92 Å². The third-order valence-corrected chi connectivity index (χ3v) is 4.29. The van der Waals surface area contributed by atoms with Gasteiger partial charge in [0.15, 0.2) is 6.61 Å². The van der Waals surface area contributed by atoms with E-state index in [2.05, 4.69) is 16.8 Å². The number of carbonyl (C=O) groups is 1. The molecule has 0 radical (unpaired) electrons. The fourth-order valence-corrected chi connectivity index (χ4v) is 2.87. The highest BCUT2D eigenvalue weighted by Gasteiger charge is 2.26. The van der Waals surface area contributed by atoms with E-state index in [0.717, 1.165) is 56.3 Å². The Kier molecular flexibility index (Phi) is 5.42. The Hall–Kier alpha value is -1.59. The van der Waals surface area contributed by atoms with Crippen molar-refractivity contribution in [3.63, 3.8) is 0 Å². The summed E-state index contributed by atoms with van der Waals surface area (Å²) in [6.45, 7) is 8.22. The van der Waals surface area contributed by atoms with Crippen LogP contribution < -0.4 is 9.64 Å². The van der Waals surface area contributed by atoms with Crippen molar-refractivity contribution >= 4 is 11.6 Å². The SMILES string of the molecule is C.Cc1ccc2c(c1)N(CCN1CCN(C)CC1)C(=O)CO2. The third-order valence-electron chi connectivity index (χ3n) is 4.29. The Labute approximate surface area is 133 Å². The second-order valence-electron chi connectivity index (χ2n) is 5.95. The number of rotatable bonds is 3. The molecule has 1 saturated heterocycles. The standard InChI is InChI=1S/C16H23N3O2.CH4/c1-13-3-4-15-14(11-13)19(16(20)12-21-15)10-9-18-7-5-17(2)6-8-18;/h3-4,11H,5-10,12H2,1-2H3;1H4. The van der Waals surface area contributed by atoms with Gasteiger partial charge in [0.05, 0.1) is 5.69 Å². The van der Waals surface area contributed by atoms with Crippen LogP contribution in [0.1, 0.15) is 13.0 Å². The highest BCUT2D eigenvalue weighted by atomic mass is 16.5. The maximum absolute atomic E-state index is 12.2. The van der Waals surface area contributed by atoms with Crippen LogP contribution in [-0.2, 0) is 4.79 Å². The number of hydrogen-bond acceptors (Lipinski definition) is 4. The fraction of sp³-hybridized carbons (Fsp3) is 0.588. The Morgan fingerprint density at radius 3 is 2.59 bits per heavy atom. The van der Waals surface area contributed by atoms with Crippen molar-refractivity contribution in [3.05, 3.63) is 23.8 Å². The van der Waals surface area contributed by atoms with Gasteiger partial charge in [0.1, 0.15) is 5.75 Å². The van der Waals surface area contributed by atoms with Gasteiger partial charge in [-0.15, -0.1) is 0 Å². The Balaban J connectivity index is 0.00000176. The van der Waals surface area contributed by atoms with Crippen LogP contribution in [-0.4, -0.2) is 68.6 Å². The van der Waals surface area contributed by atoms with Crippen LogP contribution in [0.2, 0.25) is 0 Å². The summed E-state index contributed by atoms with van der Waals surface area (Å²) in [5.74, 6) is 0.876. The topological polar surface area (TPSA) is 36.0 Å². The molecule has 0 N–H and O–H groups in total. The number of piperazine rings is 1. The normalized spacial score (nSPS) is 19.4. The predicted molar refractivity (Wildman–Crippen MR) is 89.7 cm³/mol. The van der Waals surface area contributed by atoms with E-state index >= 15 is 0 Å². The van der Waals surface area contributed by atoms with E-state index in [4.69, 9.17) is 4.74 Å². The minimum atomic E-state index is 0. The summed E-state index contributed by atoms with van der Waals surface area (Å²) < 4.78 is 5.52. The molecule has 0 aromatic heterocycles. The second kappa shape index (κ2) is 7.11. The van der Waals surface area contributed by atoms with E-state index in [1.807, 2.05) is 30.0 Å². The van der Waals surface area contributed by atoms with E-state index in [9.17, 15) is 4.79 Å². The molecule has 0 aliphatic carbocycles. The maximum Gasteiger partial charge on any atom is 0.265 e. The fourth-order valence-electron chi connectivity index (χ4n) is 2.87. The average Bonchev–Trinajstić information content (AvgIpc) is 2.48. The third kappa shape index (κ3) is 3.59. The predicted octanol–water partition coefficient (Wildman–Crippen LogP) is 1.60. The van der Waals surface area contributed by atoms with Crippen molar-refractivity contribution in [1.29, 1.82) is 0 Å². The van der Waals surface area contributed by atoms with Gasteiger partial charge < -0.3 is 14.5 Å². The molecule has 5 heteroatoms. The summed E-state index contributed by atoms with van der Waals surface area (Å²) in [5, 5.41) is 0. The van der Waals surface area contributed by atoms with Crippen LogP contribution >= 0.6 is 0 Å². The van der Waals surface area contributed by atoms with E-state index in [-0.39, 0.29) is 19.9 Å². The molecule has 1 aromatic carbocycles. The van der Waals surface area contributed by atoms with Crippen LogP contribution in [0.25, 0.3) is 0 Å². The van der Waals surface area contributed by atoms with E-state index < -0.39 is 0 Å². The number of hydrogen-bond donors (Lipinski definition) is 0. The molecule has 2 aliphatic heterocycles. The van der Waals surface area contributed by atoms with Crippen molar-refractivity contribution in [1.82, 2.24) is 9.80 Å². The number of likely N-dealkylation sites (N-methyl/N-ethyl adjacent to an activating group) is 1. The van der Waals surface area contributed by atoms with Gasteiger partial charge in [-0.05, 0) is 31.7 Å². The quantitative estimate of drug-likeness (QED) is 0.850. The minimum absolute atomic E-state index is 0. The molecular weight excluding hydrogens is 278 g/mol. The van der Waals surface area contributed by atoms with Gasteiger partial charge in [0, 0.05) is 39.3 Å². The summed E-state index contributed by atoms with van der Waals surface area (Å²) in [4.78, 5) is 18.8. The van der Waals surface area contributed by atoms with Gasteiger partial charge in [-0.25, -0.2) is 0 Å². The highest BCUT2D eigenvalue weighted by Crippen LogP contribution is 2.32. The second-order valence-corrected chi connectivity index (χ2v) is 5.95. The molecule has 1 fully saturated rings. The van der Waals surface area contributed by atoms with Gasteiger partial charge in [0.25, 0.3) is 5.91 Å². The summed E-state index contributed by atoms with van der Waals surface area (Å²) in [6, 6.07) is 6.02. The lowest BCUT2D eigenvalue weighted by Gasteiger charge is -2.35. The lowest BCUT2D eigenvalue weighted by atomic mass is 10.1. The zero-order valence-corrected chi connectivity index (χ0v) is 12.8.